The Kier molecular flexibility index (Phi) is 5.01. The van der Waals surface area contributed by atoms with Gasteiger partial charge in [0, 0.05) is 5.56 Å². The molecule has 3 aliphatic rings. The SMILES string of the molecule is COc1ccc(C2C3=C(N=C4SC(C)C(=O)N42)c2cc(F)ccc2CCC3)cc1OC. The standard InChI is InChI=1S/C24H23FN2O3S/c1-13-23(28)27-22(15-8-10-19(29-2)20(11-15)30-3)17-6-4-5-14-7-9-16(25)12-18(14)21(17)26-24(27)31-13/h7-13,22H,4-6H2,1-3H3. The van der Waals surface area contributed by atoms with Gasteiger partial charge < -0.3 is 9.47 Å². The van der Waals surface area contributed by atoms with Crippen LogP contribution in [0.3, 0.4) is 0 Å². The molecule has 0 bridgehead atoms. The van der Waals surface area contributed by atoms with E-state index < -0.39 is 0 Å². The van der Waals surface area contributed by atoms with E-state index in [1.807, 2.05) is 31.2 Å². The maximum Gasteiger partial charge on any atom is 0.242 e. The number of carbonyl (C=O) groups is 1. The summed E-state index contributed by atoms with van der Waals surface area (Å²) in [6, 6.07) is 10.4. The summed E-state index contributed by atoms with van der Waals surface area (Å²) in [6.45, 7) is 1.90. The maximum atomic E-state index is 14.2. The first-order valence-electron chi connectivity index (χ1n) is 10.3. The fourth-order valence-electron chi connectivity index (χ4n) is 4.64. The average molecular weight is 439 g/mol. The Hall–Kier alpha value is -2.80. The minimum Gasteiger partial charge on any atom is -0.493 e. The van der Waals surface area contributed by atoms with Gasteiger partial charge in [0.15, 0.2) is 16.7 Å². The Bertz CT molecular complexity index is 1140. The summed E-state index contributed by atoms with van der Waals surface area (Å²) in [6.07, 6.45) is 2.55. The van der Waals surface area contributed by atoms with E-state index in [-0.39, 0.29) is 23.0 Å². The third kappa shape index (κ3) is 3.22. The number of halogens is 1. The molecule has 7 heteroatoms. The largest absolute Gasteiger partial charge is 0.493 e. The highest BCUT2D eigenvalue weighted by atomic mass is 32.2. The van der Waals surface area contributed by atoms with Gasteiger partial charge in [0.1, 0.15) is 5.82 Å². The van der Waals surface area contributed by atoms with Gasteiger partial charge in [-0.15, -0.1) is 0 Å². The van der Waals surface area contributed by atoms with Gasteiger partial charge in [0.25, 0.3) is 0 Å². The van der Waals surface area contributed by atoms with Gasteiger partial charge in [-0.3, -0.25) is 9.69 Å². The number of benzene rings is 2. The second kappa shape index (κ2) is 7.71. The van der Waals surface area contributed by atoms with Gasteiger partial charge in [-0.1, -0.05) is 23.9 Å². The molecule has 1 aliphatic carbocycles. The summed E-state index contributed by atoms with van der Waals surface area (Å²) < 4.78 is 25.1. The lowest BCUT2D eigenvalue weighted by Crippen LogP contribution is -2.38. The van der Waals surface area contributed by atoms with Crippen molar-refractivity contribution < 1.29 is 18.7 Å². The third-order valence-corrected chi connectivity index (χ3v) is 7.17. The average Bonchev–Trinajstić information content (AvgIpc) is 2.94. The number of aliphatic imine (C=N–C) groups is 1. The van der Waals surface area contributed by atoms with Crippen LogP contribution >= 0.6 is 11.8 Å². The lowest BCUT2D eigenvalue weighted by molar-refractivity contribution is -0.127. The molecule has 5 nitrogen and oxygen atoms in total. The summed E-state index contributed by atoms with van der Waals surface area (Å²) in [5.41, 5.74) is 4.70. The molecular formula is C24H23FN2O3S. The molecular weight excluding hydrogens is 415 g/mol. The summed E-state index contributed by atoms with van der Waals surface area (Å²) in [5.74, 6) is 1.01. The van der Waals surface area contributed by atoms with E-state index in [4.69, 9.17) is 14.5 Å². The Labute approximate surface area is 184 Å². The number of ether oxygens (including phenoxy) is 2. The van der Waals surface area contributed by atoms with Crippen LogP contribution in [0.25, 0.3) is 5.70 Å². The number of hydrogen-bond donors (Lipinski definition) is 0. The number of rotatable bonds is 3. The molecule has 2 atom stereocenters. The first-order valence-corrected chi connectivity index (χ1v) is 11.2. The van der Waals surface area contributed by atoms with Crippen LogP contribution in [-0.2, 0) is 11.2 Å². The number of nitrogens with zero attached hydrogens (tertiary/aromatic N) is 2. The van der Waals surface area contributed by atoms with Gasteiger partial charge in [-0.2, -0.15) is 0 Å². The zero-order valence-electron chi connectivity index (χ0n) is 17.6. The maximum absolute atomic E-state index is 14.2. The summed E-state index contributed by atoms with van der Waals surface area (Å²) in [4.78, 5) is 19.9. The van der Waals surface area contributed by atoms with Gasteiger partial charge >= 0.3 is 0 Å². The van der Waals surface area contributed by atoms with Gasteiger partial charge in [-0.25, -0.2) is 9.38 Å². The topological polar surface area (TPSA) is 51.1 Å². The number of hydrogen-bond acceptors (Lipinski definition) is 5. The molecule has 2 aromatic rings. The van der Waals surface area contributed by atoms with Crippen molar-refractivity contribution in [3.8, 4) is 11.5 Å². The smallest absolute Gasteiger partial charge is 0.242 e. The van der Waals surface area contributed by atoms with Gasteiger partial charge in [0.2, 0.25) is 5.91 Å². The fraction of sp³-hybridized carbons (Fsp3) is 0.333. The summed E-state index contributed by atoms with van der Waals surface area (Å²) in [7, 11) is 3.20. The molecule has 2 heterocycles. The molecule has 2 aliphatic heterocycles. The van der Waals surface area contributed by atoms with E-state index in [0.717, 1.165) is 47.2 Å². The molecule has 0 N–H and O–H groups in total. The highest BCUT2D eigenvalue weighted by Gasteiger charge is 2.45. The molecule has 0 saturated carbocycles. The van der Waals surface area contributed by atoms with Crippen molar-refractivity contribution in [2.24, 2.45) is 4.99 Å². The third-order valence-electron chi connectivity index (χ3n) is 6.12. The second-order valence-electron chi connectivity index (χ2n) is 7.91. The van der Waals surface area contributed by atoms with Crippen molar-refractivity contribution in [1.29, 1.82) is 0 Å². The molecule has 1 saturated heterocycles. The highest BCUT2D eigenvalue weighted by Crippen LogP contribution is 2.49. The van der Waals surface area contributed by atoms with E-state index in [1.165, 1.54) is 17.8 Å². The number of amidine groups is 1. The Morgan fingerprint density at radius 1 is 1.10 bits per heavy atom. The number of fused-ring (bicyclic) bond motifs is 3. The minimum atomic E-state index is -0.304. The van der Waals surface area contributed by atoms with Crippen molar-refractivity contribution in [3.05, 3.63) is 64.5 Å². The zero-order valence-corrected chi connectivity index (χ0v) is 18.5. The number of thioether (sulfide) groups is 1. The van der Waals surface area contributed by atoms with Crippen molar-refractivity contribution in [2.75, 3.05) is 14.2 Å². The van der Waals surface area contributed by atoms with Crippen LogP contribution in [0.4, 0.5) is 4.39 Å². The quantitative estimate of drug-likeness (QED) is 0.679. The number of methoxy groups -OCH3 is 2. The van der Waals surface area contributed by atoms with Crippen LogP contribution < -0.4 is 9.47 Å². The van der Waals surface area contributed by atoms with Crippen LogP contribution in [0, 0.1) is 5.82 Å². The molecule has 0 radical (unpaired) electrons. The van der Waals surface area contributed by atoms with E-state index in [0.29, 0.717) is 16.7 Å². The van der Waals surface area contributed by atoms with Crippen LogP contribution in [-0.4, -0.2) is 35.4 Å². The first-order chi connectivity index (χ1) is 15.0. The van der Waals surface area contributed by atoms with Crippen molar-refractivity contribution in [2.45, 2.75) is 37.5 Å². The highest BCUT2D eigenvalue weighted by molar-refractivity contribution is 8.15. The molecule has 160 valence electrons. The minimum absolute atomic E-state index is 0.0406. The molecule has 0 spiro atoms. The zero-order chi connectivity index (χ0) is 21.7. The van der Waals surface area contributed by atoms with E-state index in [1.54, 1.807) is 25.2 Å². The van der Waals surface area contributed by atoms with Gasteiger partial charge in [-0.05, 0) is 67.2 Å². The first kappa shape index (κ1) is 20.1. The second-order valence-corrected chi connectivity index (χ2v) is 9.22. The van der Waals surface area contributed by atoms with Crippen LogP contribution in [0.2, 0.25) is 0 Å². The number of amides is 1. The molecule has 0 aromatic heterocycles. The lowest BCUT2D eigenvalue weighted by atomic mass is 9.90. The fourth-order valence-corrected chi connectivity index (χ4v) is 5.63. The normalized spacial score (nSPS) is 22.4. The lowest BCUT2D eigenvalue weighted by Gasteiger charge is -2.34. The van der Waals surface area contributed by atoms with E-state index >= 15 is 0 Å². The number of aryl methyl sites for hydroxylation is 1. The molecule has 5 rings (SSSR count). The number of carbonyl (C=O) groups excluding carboxylic acids is 1. The van der Waals surface area contributed by atoms with E-state index in [9.17, 15) is 9.18 Å². The molecule has 1 fully saturated rings. The molecule has 1 amide bonds. The molecule has 31 heavy (non-hydrogen) atoms. The van der Waals surface area contributed by atoms with Gasteiger partial charge in [0.05, 0.1) is 31.2 Å². The monoisotopic (exact) mass is 438 g/mol. The summed E-state index contributed by atoms with van der Waals surface area (Å²) >= 11 is 1.46. The van der Waals surface area contributed by atoms with E-state index in [2.05, 4.69) is 0 Å². The molecule has 2 unspecified atom stereocenters. The van der Waals surface area contributed by atoms with Crippen molar-refractivity contribution in [1.82, 2.24) is 4.90 Å². The molecule has 2 aromatic carbocycles. The predicted molar refractivity (Wildman–Crippen MR) is 120 cm³/mol. The summed E-state index contributed by atoms with van der Waals surface area (Å²) in [5, 5.41) is 0.463. The van der Waals surface area contributed by atoms with Crippen molar-refractivity contribution >= 4 is 28.5 Å². The van der Waals surface area contributed by atoms with Crippen LogP contribution in [0.1, 0.15) is 42.5 Å². The Balaban J connectivity index is 1.74. The van der Waals surface area contributed by atoms with Crippen LogP contribution in [0.15, 0.2) is 47.0 Å². The Morgan fingerprint density at radius 3 is 2.68 bits per heavy atom. The van der Waals surface area contributed by atoms with Crippen LogP contribution in [0.5, 0.6) is 11.5 Å². The Morgan fingerprint density at radius 2 is 1.90 bits per heavy atom. The predicted octanol–water partition coefficient (Wildman–Crippen LogP) is 4.97. The van der Waals surface area contributed by atoms with Crippen molar-refractivity contribution in [3.63, 3.8) is 0 Å².